The lowest BCUT2D eigenvalue weighted by atomic mass is 10.2. The predicted octanol–water partition coefficient (Wildman–Crippen LogP) is 1.52. The van der Waals surface area contributed by atoms with Gasteiger partial charge >= 0.3 is 0 Å². The third-order valence-electron chi connectivity index (χ3n) is 2.46. The van der Waals surface area contributed by atoms with Crippen molar-refractivity contribution < 1.29 is 0 Å². The van der Waals surface area contributed by atoms with Crippen molar-refractivity contribution in [3.8, 4) is 5.82 Å². The van der Waals surface area contributed by atoms with E-state index in [1.807, 2.05) is 4.57 Å². The van der Waals surface area contributed by atoms with Gasteiger partial charge in [-0.3, -0.25) is 4.57 Å². The maximum absolute atomic E-state index is 3.77. The number of H-pyrrole nitrogens is 1. The van der Waals surface area contributed by atoms with Crippen LogP contribution >= 0.6 is 0 Å². The van der Waals surface area contributed by atoms with Gasteiger partial charge in [-0.25, -0.2) is 0 Å². The molecule has 13 heavy (non-hydrogen) atoms. The van der Waals surface area contributed by atoms with Gasteiger partial charge in [-0.1, -0.05) is 0 Å². The highest BCUT2D eigenvalue weighted by molar-refractivity contribution is 5.43. The number of nitrogens with zero attached hydrogens (tertiary/aromatic N) is 3. The summed E-state index contributed by atoms with van der Waals surface area (Å²) in [5, 5.41) is 7.54. The summed E-state index contributed by atoms with van der Waals surface area (Å²) < 4.78 is 1.88. The minimum atomic E-state index is 1.06. The fraction of sp³-hybridized carbons (Fsp3) is 0.333. The number of nitrogens with one attached hydrogen (secondary N) is 1. The van der Waals surface area contributed by atoms with Crippen molar-refractivity contribution in [3.63, 3.8) is 0 Å². The van der Waals surface area contributed by atoms with E-state index >= 15 is 0 Å². The van der Waals surface area contributed by atoms with Crippen LogP contribution in [0.25, 0.3) is 5.82 Å². The van der Waals surface area contributed by atoms with Crippen LogP contribution in [0.15, 0.2) is 12.7 Å². The Morgan fingerprint density at radius 1 is 1.08 bits per heavy atom. The molecule has 0 amide bonds. The molecule has 1 N–H and O–H groups in total. The number of rotatable bonds is 1. The van der Waals surface area contributed by atoms with Gasteiger partial charge in [0.2, 0.25) is 0 Å². The molecule has 0 saturated carbocycles. The minimum absolute atomic E-state index is 1.06. The molecule has 0 saturated heterocycles. The lowest BCUT2D eigenvalue weighted by Gasteiger charge is -1.98. The Morgan fingerprint density at radius 2 is 1.69 bits per heavy atom. The van der Waals surface area contributed by atoms with Gasteiger partial charge < -0.3 is 4.98 Å². The van der Waals surface area contributed by atoms with Gasteiger partial charge in [-0.05, 0) is 31.9 Å². The first-order chi connectivity index (χ1) is 6.20. The Kier molecular flexibility index (Phi) is 1.69. The Hall–Kier alpha value is -1.58. The van der Waals surface area contributed by atoms with Gasteiger partial charge in [0.25, 0.3) is 0 Å². The molecular weight excluding hydrogens is 164 g/mol. The van der Waals surface area contributed by atoms with Gasteiger partial charge in [0, 0.05) is 5.69 Å². The smallest absolute Gasteiger partial charge is 0.125 e. The summed E-state index contributed by atoms with van der Waals surface area (Å²) in [4.78, 5) is 3.30. The average Bonchev–Trinajstić information content (AvgIpc) is 2.70. The summed E-state index contributed by atoms with van der Waals surface area (Å²) in [6, 6.07) is 0. The Balaban J connectivity index is 2.59. The van der Waals surface area contributed by atoms with Crippen LogP contribution in [0, 0.1) is 20.8 Å². The van der Waals surface area contributed by atoms with E-state index in [1.54, 1.807) is 12.7 Å². The van der Waals surface area contributed by atoms with Crippen molar-refractivity contribution in [3.05, 3.63) is 29.5 Å². The van der Waals surface area contributed by atoms with Crippen molar-refractivity contribution in [2.24, 2.45) is 0 Å². The lowest BCUT2D eigenvalue weighted by molar-refractivity contribution is 0.986. The summed E-state index contributed by atoms with van der Waals surface area (Å²) in [7, 11) is 0. The van der Waals surface area contributed by atoms with E-state index in [9.17, 15) is 0 Å². The second-order valence-corrected chi connectivity index (χ2v) is 3.22. The Labute approximate surface area is 76.6 Å². The van der Waals surface area contributed by atoms with Crippen LogP contribution < -0.4 is 0 Å². The molecule has 2 aromatic heterocycles. The van der Waals surface area contributed by atoms with Gasteiger partial charge in [-0.2, -0.15) is 0 Å². The first-order valence-electron chi connectivity index (χ1n) is 4.21. The lowest BCUT2D eigenvalue weighted by Crippen LogP contribution is -1.92. The Bertz CT molecular complexity index is 411. The highest BCUT2D eigenvalue weighted by Gasteiger charge is 2.08. The van der Waals surface area contributed by atoms with Crippen molar-refractivity contribution in [1.29, 1.82) is 0 Å². The van der Waals surface area contributed by atoms with Crippen molar-refractivity contribution in [2.75, 3.05) is 0 Å². The molecule has 0 bridgehead atoms. The Morgan fingerprint density at radius 3 is 2.15 bits per heavy atom. The van der Waals surface area contributed by atoms with E-state index in [-0.39, 0.29) is 0 Å². The SMILES string of the molecule is Cc1[nH]c(-n2cnnc2)c(C)c1C. The molecule has 0 radical (unpaired) electrons. The van der Waals surface area contributed by atoms with E-state index in [1.165, 1.54) is 16.8 Å². The standard InChI is InChI=1S/C9H12N4/c1-6-7(2)9(12-8(6)3)13-4-10-11-5-13/h4-5,12H,1-3H3. The normalized spacial score (nSPS) is 10.7. The monoisotopic (exact) mass is 176 g/mol. The zero-order chi connectivity index (χ0) is 9.42. The predicted molar refractivity (Wildman–Crippen MR) is 49.9 cm³/mol. The van der Waals surface area contributed by atoms with E-state index in [0.29, 0.717) is 0 Å². The summed E-state index contributed by atoms with van der Waals surface area (Å²) in [6.07, 6.45) is 3.38. The molecule has 0 aliphatic rings. The topological polar surface area (TPSA) is 46.5 Å². The second kappa shape index (κ2) is 2.73. The van der Waals surface area contributed by atoms with Crippen molar-refractivity contribution in [1.82, 2.24) is 19.7 Å². The molecule has 2 aromatic rings. The first-order valence-corrected chi connectivity index (χ1v) is 4.21. The number of aromatic nitrogens is 4. The zero-order valence-corrected chi connectivity index (χ0v) is 8.00. The van der Waals surface area contributed by atoms with E-state index in [4.69, 9.17) is 0 Å². The maximum atomic E-state index is 3.77. The molecule has 0 fully saturated rings. The van der Waals surface area contributed by atoms with Crippen molar-refractivity contribution in [2.45, 2.75) is 20.8 Å². The molecule has 0 spiro atoms. The van der Waals surface area contributed by atoms with E-state index in [2.05, 4.69) is 36.0 Å². The van der Waals surface area contributed by atoms with Crippen LogP contribution in [-0.2, 0) is 0 Å². The average molecular weight is 176 g/mol. The largest absolute Gasteiger partial charge is 0.345 e. The number of aryl methyl sites for hydroxylation is 1. The van der Waals surface area contributed by atoms with Crippen LogP contribution in [0.4, 0.5) is 0 Å². The highest BCUT2D eigenvalue weighted by Crippen LogP contribution is 2.18. The molecular formula is C9H12N4. The van der Waals surface area contributed by atoms with Gasteiger partial charge in [0.15, 0.2) is 0 Å². The van der Waals surface area contributed by atoms with Gasteiger partial charge in [0.05, 0.1) is 0 Å². The molecule has 0 aliphatic heterocycles. The highest BCUT2D eigenvalue weighted by atomic mass is 15.3. The van der Waals surface area contributed by atoms with Crippen LogP contribution in [-0.4, -0.2) is 19.7 Å². The number of aromatic amines is 1. The van der Waals surface area contributed by atoms with E-state index in [0.717, 1.165) is 5.82 Å². The zero-order valence-electron chi connectivity index (χ0n) is 8.00. The van der Waals surface area contributed by atoms with Crippen molar-refractivity contribution >= 4 is 0 Å². The fourth-order valence-electron chi connectivity index (χ4n) is 1.40. The van der Waals surface area contributed by atoms with Crippen LogP contribution in [0.2, 0.25) is 0 Å². The molecule has 0 aliphatic carbocycles. The van der Waals surface area contributed by atoms with Crippen LogP contribution in [0.3, 0.4) is 0 Å². The molecule has 2 rings (SSSR count). The summed E-state index contributed by atoms with van der Waals surface area (Å²) in [5.41, 5.74) is 3.74. The molecule has 0 unspecified atom stereocenters. The summed E-state index contributed by atoms with van der Waals surface area (Å²) >= 11 is 0. The summed E-state index contributed by atoms with van der Waals surface area (Å²) in [5.74, 6) is 1.06. The first kappa shape index (κ1) is 8.04. The number of hydrogen-bond donors (Lipinski definition) is 1. The van der Waals surface area contributed by atoms with Gasteiger partial charge in [0.1, 0.15) is 18.5 Å². The van der Waals surface area contributed by atoms with Crippen LogP contribution in [0.1, 0.15) is 16.8 Å². The maximum Gasteiger partial charge on any atom is 0.125 e. The molecule has 4 heteroatoms. The third kappa shape index (κ3) is 1.14. The molecule has 0 aromatic carbocycles. The molecule has 0 atom stereocenters. The molecule has 4 nitrogen and oxygen atoms in total. The second-order valence-electron chi connectivity index (χ2n) is 3.22. The fourth-order valence-corrected chi connectivity index (χ4v) is 1.40. The quantitative estimate of drug-likeness (QED) is 0.716. The summed E-state index contributed by atoms with van der Waals surface area (Å²) in [6.45, 7) is 6.26. The third-order valence-corrected chi connectivity index (χ3v) is 2.46. The van der Waals surface area contributed by atoms with Crippen LogP contribution in [0.5, 0.6) is 0 Å². The molecule has 2 heterocycles. The van der Waals surface area contributed by atoms with Gasteiger partial charge in [-0.15, -0.1) is 10.2 Å². The molecule has 68 valence electrons. The van der Waals surface area contributed by atoms with E-state index < -0.39 is 0 Å². The number of hydrogen-bond acceptors (Lipinski definition) is 2. The minimum Gasteiger partial charge on any atom is -0.345 e.